The second-order valence-electron chi connectivity index (χ2n) is 11.4. The van der Waals surface area contributed by atoms with Crippen molar-refractivity contribution < 1.29 is 42.1 Å². The molecule has 14 heteroatoms. The van der Waals surface area contributed by atoms with Crippen LogP contribution in [0.25, 0.3) is 0 Å². The van der Waals surface area contributed by atoms with Gasteiger partial charge in [-0.3, -0.25) is 4.79 Å². The highest BCUT2D eigenvalue weighted by Gasteiger charge is 2.32. The molecule has 3 atom stereocenters. The Morgan fingerprint density at radius 1 is 1.02 bits per heavy atom. The van der Waals surface area contributed by atoms with Crippen molar-refractivity contribution in [1.29, 1.82) is 0 Å². The minimum Gasteiger partial charge on any atom is -0.497 e. The quantitative estimate of drug-likeness (QED) is 0.247. The van der Waals surface area contributed by atoms with E-state index >= 15 is 0 Å². The summed E-state index contributed by atoms with van der Waals surface area (Å²) in [5, 5.41) is 18.0. The number of rotatable bonds is 8. The van der Waals surface area contributed by atoms with E-state index in [0.29, 0.717) is 28.4 Å². The molecule has 0 aromatic heterocycles. The van der Waals surface area contributed by atoms with Crippen molar-refractivity contribution >= 4 is 35.0 Å². The number of halogens is 3. The topological polar surface area (TPSA) is 132 Å². The number of fused-ring (bicyclic) bond motifs is 1. The van der Waals surface area contributed by atoms with Crippen LogP contribution in [-0.2, 0) is 17.4 Å². The fourth-order valence-electron chi connectivity index (χ4n) is 5.01. The van der Waals surface area contributed by atoms with Gasteiger partial charge in [-0.15, -0.1) is 0 Å². The van der Waals surface area contributed by atoms with E-state index in [1.54, 1.807) is 61.4 Å². The van der Waals surface area contributed by atoms with E-state index in [-0.39, 0.29) is 43.6 Å². The van der Waals surface area contributed by atoms with Gasteiger partial charge < -0.3 is 40.3 Å². The molecule has 11 nitrogen and oxygen atoms in total. The Morgan fingerprint density at radius 2 is 1.62 bits per heavy atom. The Balaban J connectivity index is 1.52. The Kier molecular flexibility index (Phi) is 11.2. The van der Waals surface area contributed by atoms with E-state index in [0.717, 1.165) is 12.1 Å². The zero-order chi connectivity index (χ0) is 34.3. The van der Waals surface area contributed by atoms with Crippen LogP contribution in [0.2, 0.25) is 0 Å². The van der Waals surface area contributed by atoms with Crippen LogP contribution in [0.15, 0.2) is 66.7 Å². The molecule has 5 amide bonds. The molecular formula is C33H38F3N5O6. The molecule has 252 valence electrons. The van der Waals surface area contributed by atoms with Gasteiger partial charge in [-0.1, -0.05) is 6.92 Å². The van der Waals surface area contributed by atoms with Crippen molar-refractivity contribution in [3.05, 3.63) is 77.9 Å². The van der Waals surface area contributed by atoms with Crippen LogP contribution in [0.1, 0.15) is 25.0 Å². The molecule has 0 saturated heterocycles. The van der Waals surface area contributed by atoms with E-state index in [1.165, 1.54) is 24.1 Å². The molecule has 47 heavy (non-hydrogen) atoms. The van der Waals surface area contributed by atoms with Crippen molar-refractivity contribution in [2.75, 3.05) is 49.8 Å². The van der Waals surface area contributed by atoms with E-state index in [9.17, 15) is 32.7 Å². The van der Waals surface area contributed by atoms with Gasteiger partial charge in [0.1, 0.15) is 17.6 Å². The van der Waals surface area contributed by atoms with Gasteiger partial charge in [0.25, 0.3) is 0 Å². The summed E-state index contributed by atoms with van der Waals surface area (Å²) in [6, 6.07) is 14.2. The molecule has 0 bridgehead atoms. The van der Waals surface area contributed by atoms with Crippen LogP contribution in [0.5, 0.6) is 11.5 Å². The summed E-state index contributed by atoms with van der Waals surface area (Å²) in [7, 11) is 3.07. The van der Waals surface area contributed by atoms with Gasteiger partial charge in [0.05, 0.1) is 38.3 Å². The number of benzene rings is 3. The summed E-state index contributed by atoms with van der Waals surface area (Å²) in [6.45, 7) is 3.61. The largest absolute Gasteiger partial charge is 0.497 e. The average molecular weight is 658 g/mol. The number of alkyl halides is 3. The summed E-state index contributed by atoms with van der Waals surface area (Å²) in [4.78, 5) is 42.1. The molecule has 0 saturated carbocycles. The zero-order valence-electron chi connectivity index (χ0n) is 26.4. The SMILES string of the molecule is COc1ccc(NC(=O)Nc2ccc3c(c2)CC(=O)N([C@H](C)CO)C[C@@H](C)[C@@H](CN(C)C(=O)Nc2ccc(C(F)(F)F)cc2)O3)cc1. The van der Waals surface area contributed by atoms with Crippen molar-refractivity contribution in [2.24, 2.45) is 5.92 Å². The predicted octanol–water partition coefficient (Wildman–Crippen LogP) is 5.67. The first-order valence-corrected chi connectivity index (χ1v) is 14.9. The number of urea groups is 2. The summed E-state index contributed by atoms with van der Waals surface area (Å²) in [5.74, 6) is 0.457. The van der Waals surface area contributed by atoms with Crippen LogP contribution >= 0.6 is 0 Å². The first-order chi connectivity index (χ1) is 22.3. The van der Waals surface area contributed by atoms with Crippen molar-refractivity contribution in [3.63, 3.8) is 0 Å². The molecule has 0 unspecified atom stereocenters. The number of carbonyl (C=O) groups excluding carboxylic acids is 3. The lowest BCUT2D eigenvalue weighted by molar-refractivity contribution is -0.137. The third-order valence-electron chi connectivity index (χ3n) is 7.79. The second-order valence-corrected chi connectivity index (χ2v) is 11.4. The van der Waals surface area contributed by atoms with Gasteiger partial charge in [0.2, 0.25) is 5.91 Å². The minimum atomic E-state index is -4.50. The maximum absolute atomic E-state index is 13.5. The Hall–Kier alpha value is -4.98. The molecule has 1 aliphatic heterocycles. The number of carbonyl (C=O) groups is 3. The van der Waals surface area contributed by atoms with E-state index < -0.39 is 35.9 Å². The van der Waals surface area contributed by atoms with Crippen LogP contribution < -0.4 is 25.4 Å². The van der Waals surface area contributed by atoms with Gasteiger partial charge >= 0.3 is 18.2 Å². The monoisotopic (exact) mass is 657 g/mol. The number of hydrogen-bond acceptors (Lipinski definition) is 6. The molecule has 0 radical (unpaired) electrons. The molecule has 4 N–H and O–H groups in total. The van der Waals surface area contributed by atoms with E-state index in [4.69, 9.17) is 9.47 Å². The minimum absolute atomic E-state index is 0.0624. The molecule has 4 rings (SSSR count). The summed E-state index contributed by atoms with van der Waals surface area (Å²) >= 11 is 0. The number of likely N-dealkylation sites (N-methyl/N-ethyl adjacent to an activating group) is 1. The van der Waals surface area contributed by atoms with Crippen molar-refractivity contribution in [1.82, 2.24) is 9.80 Å². The number of nitrogens with zero attached hydrogens (tertiary/aromatic N) is 2. The predicted molar refractivity (Wildman–Crippen MR) is 171 cm³/mol. The van der Waals surface area contributed by atoms with Crippen LogP contribution in [0, 0.1) is 5.92 Å². The molecule has 0 aliphatic carbocycles. The number of methoxy groups -OCH3 is 1. The average Bonchev–Trinajstić information content (AvgIpc) is 3.08. The first kappa shape index (κ1) is 34.9. The van der Waals surface area contributed by atoms with E-state index in [1.807, 2.05) is 6.92 Å². The van der Waals surface area contributed by atoms with Gasteiger partial charge in [-0.2, -0.15) is 13.2 Å². The third-order valence-corrected chi connectivity index (χ3v) is 7.79. The number of anilines is 3. The Bertz CT molecular complexity index is 1550. The second kappa shape index (κ2) is 15.1. The van der Waals surface area contributed by atoms with Gasteiger partial charge in [0, 0.05) is 42.1 Å². The maximum Gasteiger partial charge on any atom is 0.416 e. The highest BCUT2D eigenvalue weighted by atomic mass is 19.4. The summed E-state index contributed by atoms with van der Waals surface area (Å²) < 4.78 is 50.4. The van der Waals surface area contributed by atoms with Gasteiger partial charge in [-0.25, -0.2) is 9.59 Å². The molecular weight excluding hydrogens is 619 g/mol. The number of hydrogen-bond donors (Lipinski definition) is 4. The lowest BCUT2D eigenvalue weighted by Crippen LogP contribution is -2.48. The first-order valence-electron chi connectivity index (χ1n) is 14.9. The number of aliphatic hydroxyl groups excluding tert-OH is 1. The zero-order valence-corrected chi connectivity index (χ0v) is 26.4. The molecule has 3 aromatic carbocycles. The fourth-order valence-corrected chi connectivity index (χ4v) is 5.01. The highest BCUT2D eigenvalue weighted by molar-refractivity contribution is 6.00. The standard InChI is InChI=1S/C33H38F3N5O6/c1-20-17-41(21(2)19-42)30(43)16-22-15-26(38-31(44)37-24-9-12-27(46-4)13-10-24)11-14-28(22)47-29(20)18-40(3)32(45)39-25-7-5-23(6-8-25)33(34,35)36/h5-15,20-21,29,42H,16-19H2,1-4H3,(H,39,45)(H2,37,38,44)/t20-,21-,29-/m1/s1. The van der Waals surface area contributed by atoms with Crippen LogP contribution in [0.4, 0.5) is 39.8 Å². The molecule has 1 heterocycles. The number of nitrogens with one attached hydrogen (secondary N) is 3. The fraction of sp³-hybridized carbons (Fsp3) is 0.364. The van der Waals surface area contributed by atoms with Gasteiger partial charge in [0.15, 0.2) is 0 Å². The smallest absolute Gasteiger partial charge is 0.416 e. The molecule has 0 spiro atoms. The molecule has 3 aromatic rings. The summed E-state index contributed by atoms with van der Waals surface area (Å²) in [6.07, 6.45) is -5.20. The van der Waals surface area contributed by atoms with Crippen LogP contribution in [0.3, 0.4) is 0 Å². The van der Waals surface area contributed by atoms with Crippen molar-refractivity contribution in [2.45, 2.75) is 38.6 Å². The number of amides is 5. The lowest BCUT2D eigenvalue weighted by Gasteiger charge is -2.34. The Labute approximate surface area is 270 Å². The maximum atomic E-state index is 13.5. The number of aliphatic hydroxyl groups is 1. The Morgan fingerprint density at radius 3 is 2.23 bits per heavy atom. The third kappa shape index (κ3) is 9.28. The van der Waals surface area contributed by atoms with Gasteiger partial charge in [-0.05, 0) is 73.7 Å². The number of ether oxygens (including phenoxy) is 2. The molecule has 1 aliphatic rings. The normalized spacial score (nSPS) is 17.2. The van der Waals surface area contributed by atoms with Crippen molar-refractivity contribution in [3.8, 4) is 11.5 Å². The highest BCUT2D eigenvalue weighted by Crippen LogP contribution is 2.31. The lowest BCUT2D eigenvalue weighted by atomic mass is 10.0. The van der Waals surface area contributed by atoms with Crippen LogP contribution in [-0.4, -0.2) is 78.9 Å². The summed E-state index contributed by atoms with van der Waals surface area (Å²) in [5.41, 5.74) is 0.797. The molecule has 0 fully saturated rings. The van der Waals surface area contributed by atoms with E-state index in [2.05, 4.69) is 16.0 Å².